The minimum absolute atomic E-state index is 0.0207. The van der Waals surface area contributed by atoms with Crippen molar-refractivity contribution in [1.29, 1.82) is 0 Å². The van der Waals surface area contributed by atoms with E-state index >= 15 is 0 Å². The summed E-state index contributed by atoms with van der Waals surface area (Å²) in [5, 5.41) is 10.9. The van der Waals surface area contributed by atoms with E-state index in [-0.39, 0.29) is 16.5 Å². The highest BCUT2D eigenvalue weighted by atomic mass is 16.6. The molecule has 0 fully saturated rings. The highest BCUT2D eigenvalue weighted by molar-refractivity contribution is 5.94. The number of non-ortho nitro benzene ring substituents is 1. The normalized spacial score (nSPS) is 14.0. The minimum Gasteiger partial charge on any atom is -0.338 e. The zero-order valence-corrected chi connectivity index (χ0v) is 13.0. The van der Waals surface area contributed by atoms with Crippen LogP contribution >= 0.6 is 0 Å². The van der Waals surface area contributed by atoms with E-state index in [4.69, 9.17) is 0 Å². The van der Waals surface area contributed by atoms with E-state index in [2.05, 4.69) is 0 Å². The van der Waals surface area contributed by atoms with Crippen LogP contribution in [0.4, 0.5) is 5.69 Å². The van der Waals surface area contributed by atoms with Gasteiger partial charge in [0, 0.05) is 30.8 Å². The molecule has 0 spiro atoms. The minimum atomic E-state index is -0.375. The number of benzene rings is 2. The van der Waals surface area contributed by atoms with Crippen molar-refractivity contribution in [2.45, 2.75) is 19.8 Å². The lowest BCUT2D eigenvalue weighted by Crippen LogP contribution is -2.33. The van der Waals surface area contributed by atoms with E-state index in [0.717, 1.165) is 23.1 Å². The van der Waals surface area contributed by atoms with Gasteiger partial charge in [0.1, 0.15) is 0 Å². The van der Waals surface area contributed by atoms with Crippen LogP contribution in [-0.2, 0) is 12.8 Å². The summed E-state index contributed by atoms with van der Waals surface area (Å²) in [7, 11) is 0. The van der Waals surface area contributed by atoms with Crippen molar-refractivity contribution in [3.05, 3.63) is 74.8 Å². The van der Waals surface area contributed by atoms with Crippen molar-refractivity contribution in [2.75, 3.05) is 13.1 Å². The van der Waals surface area contributed by atoms with Gasteiger partial charge in [0.2, 0.25) is 0 Å². The van der Waals surface area contributed by atoms with E-state index in [0.29, 0.717) is 25.1 Å². The molecule has 5 nitrogen and oxygen atoms in total. The number of carbonyl (C=O) groups excluding carboxylic acids is 1. The van der Waals surface area contributed by atoms with Gasteiger partial charge >= 0.3 is 0 Å². The lowest BCUT2D eigenvalue weighted by molar-refractivity contribution is -0.384. The molecule has 3 rings (SSSR count). The molecule has 0 aromatic heterocycles. The van der Waals surface area contributed by atoms with Crippen molar-refractivity contribution in [1.82, 2.24) is 4.90 Å². The molecule has 0 N–H and O–H groups in total. The van der Waals surface area contributed by atoms with E-state index in [1.807, 2.05) is 42.2 Å². The molecular formula is C18H18N2O3. The summed E-state index contributed by atoms with van der Waals surface area (Å²) in [4.78, 5) is 25.0. The molecule has 23 heavy (non-hydrogen) atoms. The lowest BCUT2D eigenvalue weighted by atomic mass is 10.0. The number of nitro groups is 1. The van der Waals surface area contributed by atoms with Gasteiger partial charge in [0.25, 0.3) is 11.6 Å². The summed E-state index contributed by atoms with van der Waals surface area (Å²) in [6, 6.07) is 12.5. The van der Waals surface area contributed by atoms with E-state index in [9.17, 15) is 14.9 Å². The number of amides is 1. The zero-order chi connectivity index (χ0) is 16.4. The van der Waals surface area contributed by atoms with Crippen LogP contribution in [0, 0.1) is 17.0 Å². The molecule has 0 unspecified atom stereocenters. The largest absolute Gasteiger partial charge is 0.338 e. The topological polar surface area (TPSA) is 63.5 Å². The van der Waals surface area contributed by atoms with Gasteiger partial charge < -0.3 is 4.90 Å². The first kappa shape index (κ1) is 15.2. The molecule has 0 atom stereocenters. The molecule has 1 heterocycles. The second kappa shape index (κ2) is 6.20. The summed E-state index contributed by atoms with van der Waals surface area (Å²) < 4.78 is 0. The van der Waals surface area contributed by atoms with Crippen LogP contribution < -0.4 is 0 Å². The Labute approximate surface area is 134 Å². The van der Waals surface area contributed by atoms with Crippen LogP contribution in [0.1, 0.15) is 27.0 Å². The number of nitrogens with zero attached hydrogens (tertiary/aromatic N) is 2. The maximum Gasteiger partial charge on any atom is 0.269 e. The van der Waals surface area contributed by atoms with Crippen molar-refractivity contribution in [3.8, 4) is 0 Å². The molecule has 1 amide bonds. The van der Waals surface area contributed by atoms with Gasteiger partial charge in [-0.3, -0.25) is 14.9 Å². The number of hydrogen-bond acceptors (Lipinski definition) is 3. The Morgan fingerprint density at radius 2 is 1.70 bits per heavy atom. The Bertz CT molecular complexity index is 753. The van der Waals surface area contributed by atoms with Crippen LogP contribution in [0.3, 0.4) is 0 Å². The molecule has 5 heteroatoms. The summed E-state index contributed by atoms with van der Waals surface area (Å²) >= 11 is 0. The fraction of sp³-hybridized carbons (Fsp3) is 0.278. The Kier molecular flexibility index (Phi) is 4.10. The molecular weight excluding hydrogens is 292 g/mol. The third kappa shape index (κ3) is 3.23. The van der Waals surface area contributed by atoms with Gasteiger partial charge in [-0.25, -0.2) is 0 Å². The van der Waals surface area contributed by atoms with Crippen LogP contribution in [0.15, 0.2) is 42.5 Å². The molecule has 1 aliphatic rings. The number of rotatable bonds is 2. The number of aryl methyl sites for hydroxylation is 1. The first-order valence-corrected chi connectivity index (χ1v) is 7.67. The second-order valence-electron chi connectivity index (χ2n) is 5.87. The van der Waals surface area contributed by atoms with Gasteiger partial charge in [0.15, 0.2) is 0 Å². The summed E-state index contributed by atoms with van der Waals surface area (Å²) in [6.45, 7) is 3.21. The summed E-state index contributed by atoms with van der Waals surface area (Å²) in [6.07, 6.45) is 1.37. The molecule has 0 saturated heterocycles. The molecule has 2 aromatic rings. The van der Waals surface area contributed by atoms with Crippen LogP contribution in [0.25, 0.3) is 0 Å². The second-order valence-corrected chi connectivity index (χ2v) is 5.87. The molecule has 0 saturated carbocycles. The number of nitro benzene ring substituents is 1. The van der Waals surface area contributed by atoms with Crippen molar-refractivity contribution in [2.24, 2.45) is 0 Å². The number of fused-ring (bicyclic) bond motifs is 1. The Balaban J connectivity index is 1.77. The molecule has 0 radical (unpaired) electrons. The third-order valence-electron chi connectivity index (χ3n) is 4.29. The third-order valence-corrected chi connectivity index (χ3v) is 4.29. The van der Waals surface area contributed by atoms with E-state index < -0.39 is 0 Å². The number of hydrogen-bond donors (Lipinski definition) is 0. The Morgan fingerprint density at radius 1 is 1.04 bits per heavy atom. The molecule has 1 aliphatic heterocycles. The van der Waals surface area contributed by atoms with E-state index in [1.54, 1.807) is 6.07 Å². The molecule has 0 aliphatic carbocycles. The van der Waals surface area contributed by atoms with Gasteiger partial charge in [-0.15, -0.1) is 0 Å². The smallest absolute Gasteiger partial charge is 0.269 e. The fourth-order valence-electron chi connectivity index (χ4n) is 2.91. The van der Waals surface area contributed by atoms with Gasteiger partial charge in [0.05, 0.1) is 4.92 Å². The SMILES string of the molecule is Cc1ccc(C(=O)N2CCc3ccc([N+](=O)[O-])cc3CC2)cc1. The van der Waals surface area contributed by atoms with Crippen molar-refractivity contribution < 1.29 is 9.72 Å². The Morgan fingerprint density at radius 3 is 2.35 bits per heavy atom. The van der Waals surface area contributed by atoms with Gasteiger partial charge in [-0.05, 0) is 43.0 Å². The molecule has 118 valence electrons. The van der Waals surface area contributed by atoms with Crippen LogP contribution in [-0.4, -0.2) is 28.8 Å². The molecule has 0 bridgehead atoms. The lowest BCUT2D eigenvalue weighted by Gasteiger charge is -2.20. The van der Waals surface area contributed by atoms with Crippen molar-refractivity contribution in [3.63, 3.8) is 0 Å². The van der Waals surface area contributed by atoms with E-state index in [1.165, 1.54) is 6.07 Å². The average Bonchev–Trinajstić information content (AvgIpc) is 2.76. The van der Waals surface area contributed by atoms with Gasteiger partial charge in [-0.2, -0.15) is 0 Å². The van der Waals surface area contributed by atoms with Crippen LogP contribution in [0.5, 0.6) is 0 Å². The molecule has 2 aromatic carbocycles. The van der Waals surface area contributed by atoms with Crippen molar-refractivity contribution >= 4 is 11.6 Å². The number of carbonyl (C=O) groups is 1. The standard InChI is InChI=1S/C18H18N2O3/c1-13-2-4-15(5-3-13)18(21)19-10-8-14-6-7-17(20(22)23)12-16(14)9-11-19/h2-7,12H,8-11H2,1H3. The summed E-state index contributed by atoms with van der Waals surface area (Å²) in [5.41, 5.74) is 3.99. The van der Waals surface area contributed by atoms with Gasteiger partial charge in [-0.1, -0.05) is 23.8 Å². The predicted molar refractivity (Wildman–Crippen MR) is 87.6 cm³/mol. The fourth-order valence-corrected chi connectivity index (χ4v) is 2.91. The highest BCUT2D eigenvalue weighted by Gasteiger charge is 2.21. The Hall–Kier alpha value is -2.69. The predicted octanol–water partition coefficient (Wildman–Crippen LogP) is 3.14. The maximum absolute atomic E-state index is 12.6. The monoisotopic (exact) mass is 310 g/mol. The first-order valence-electron chi connectivity index (χ1n) is 7.67. The summed E-state index contributed by atoms with van der Waals surface area (Å²) in [5.74, 6) is 0.0207. The average molecular weight is 310 g/mol. The van der Waals surface area contributed by atoms with Crippen LogP contribution in [0.2, 0.25) is 0 Å². The zero-order valence-electron chi connectivity index (χ0n) is 13.0. The quantitative estimate of drug-likeness (QED) is 0.632. The highest BCUT2D eigenvalue weighted by Crippen LogP contribution is 2.22. The first-order chi connectivity index (χ1) is 11.0. The maximum atomic E-state index is 12.6.